The highest BCUT2D eigenvalue weighted by atomic mass is 32.2. The summed E-state index contributed by atoms with van der Waals surface area (Å²) in [6, 6.07) is 33.4. The van der Waals surface area contributed by atoms with Crippen LogP contribution in [0.3, 0.4) is 0 Å². The van der Waals surface area contributed by atoms with Crippen molar-refractivity contribution in [2.24, 2.45) is 22.1 Å². The number of oxime groups is 2. The maximum absolute atomic E-state index is 13.6. The predicted molar refractivity (Wildman–Crippen MR) is 204 cm³/mol. The highest BCUT2D eigenvalue weighted by Crippen LogP contribution is 2.31. The standard InChI is InChI=1S/C42H42N4O6S/c47-39(37(31-15-7-8-16-31)45-51-41(49)43-27-29-11-3-1-4-12-29)33-19-23-35(24-20-33)53-36-25-21-34(22-26-36)40(48)38(32-17-9-10-18-32)46-52-42(50)44-28-30-13-5-2-6-14-30/h1-6,11-14,19-26,31-32H,7-10,15-18,27-28H2,(H,43,49)(H,44,50)/b45-37+,46-38+. The minimum atomic E-state index is -0.714. The van der Waals surface area contributed by atoms with Gasteiger partial charge in [-0.2, -0.15) is 0 Å². The molecule has 0 atom stereocenters. The second-order valence-corrected chi connectivity index (χ2v) is 14.3. The van der Waals surface area contributed by atoms with E-state index in [9.17, 15) is 19.2 Å². The second-order valence-electron chi connectivity index (χ2n) is 13.2. The topological polar surface area (TPSA) is 136 Å². The number of carbonyl (C=O) groups excluding carboxylic acids is 4. The lowest BCUT2D eigenvalue weighted by Crippen LogP contribution is -2.26. The molecule has 6 rings (SSSR count). The van der Waals surface area contributed by atoms with Crippen LogP contribution in [-0.2, 0) is 22.8 Å². The summed E-state index contributed by atoms with van der Waals surface area (Å²) in [5, 5.41) is 13.5. The first kappa shape index (κ1) is 37.2. The van der Waals surface area contributed by atoms with E-state index in [2.05, 4.69) is 20.9 Å². The number of amides is 2. The lowest BCUT2D eigenvalue weighted by molar-refractivity contribution is 0.104. The average molecular weight is 731 g/mol. The van der Waals surface area contributed by atoms with Crippen LogP contribution in [0.2, 0.25) is 0 Å². The van der Waals surface area contributed by atoms with Crippen LogP contribution in [0.15, 0.2) is 129 Å². The Bertz CT molecular complexity index is 1780. The van der Waals surface area contributed by atoms with Gasteiger partial charge in [-0.3, -0.25) is 19.3 Å². The minimum Gasteiger partial charge on any atom is -0.316 e. The molecule has 0 unspecified atom stereocenters. The summed E-state index contributed by atoms with van der Waals surface area (Å²) < 4.78 is 0. The number of Topliss-reactive ketones (excluding diaryl/α,β-unsaturated/α-hetero) is 2. The molecule has 2 aliphatic carbocycles. The zero-order valence-electron chi connectivity index (χ0n) is 29.4. The zero-order chi connectivity index (χ0) is 36.8. The van der Waals surface area contributed by atoms with Gasteiger partial charge >= 0.3 is 12.2 Å². The van der Waals surface area contributed by atoms with Crippen LogP contribution < -0.4 is 10.6 Å². The van der Waals surface area contributed by atoms with Gasteiger partial charge in [-0.25, -0.2) is 9.59 Å². The van der Waals surface area contributed by atoms with E-state index in [0.29, 0.717) is 24.2 Å². The number of hydrogen-bond acceptors (Lipinski definition) is 9. The molecule has 53 heavy (non-hydrogen) atoms. The van der Waals surface area contributed by atoms with Gasteiger partial charge in [0.25, 0.3) is 0 Å². The van der Waals surface area contributed by atoms with Crippen molar-refractivity contribution in [2.75, 3.05) is 0 Å². The fourth-order valence-corrected chi connectivity index (χ4v) is 7.38. The average Bonchev–Trinajstić information content (AvgIpc) is 3.94. The van der Waals surface area contributed by atoms with Crippen molar-refractivity contribution in [3.05, 3.63) is 131 Å². The Kier molecular flexibility index (Phi) is 13.2. The lowest BCUT2D eigenvalue weighted by Gasteiger charge is -2.13. The first-order valence-corrected chi connectivity index (χ1v) is 18.9. The highest BCUT2D eigenvalue weighted by Gasteiger charge is 2.30. The van der Waals surface area contributed by atoms with E-state index in [1.165, 1.54) is 11.8 Å². The fourth-order valence-electron chi connectivity index (χ4n) is 6.57. The number of ketones is 2. The smallest absolute Gasteiger partial charge is 0.316 e. The SMILES string of the molecule is O=C(NCc1ccccc1)O/N=C(/C(=O)c1ccc(Sc2ccc(C(=O)/C(=N/OC(=O)NCc3ccccc3)C3CCCC3)cc2)cc1)C1CCCC1. The molecule has 0 radical (unpaired) electrons. The second kappa shape index (κ2) is 18.8. The summed E-state index contributed by atoms with van der Waals surface area (Å²) in [6.45, 7) is 0.585. The normalized spacial score (nSPS) is 15.2. The summed E-state index contributed by atoms with van der Waals surface area (Å²) in [6.07, 6.45) is 5.81. The number of rotatable bonds is 14. The van der Waals surface area contributed by atoms with Crippen molar-refractivity contribution in [3.63, 3.8) is 0 Å². The Labute approximate surface area is 313 Å². The molecule has 2 N–H and O–H groups in total. The van der Waals surface area contributed by atoms with Crippen molar-refractivity contribution in [2.45, 2.75) is 74.2 Å². The summed E-state index contributed by atoms with van der Waals surface area (Å²) in [5.74, 6) is -0.654. The number of nitrogens with one attached hydrogen (secondary N) is 2. The van der Waals surface area contributed by atoms with Crippen molar-refractivity contribution in [1.29, 1.82) is 0 Å². The summed E-state index contributed by atoms with van der Waals surface area (Å²) in [7, 11) is 0. The largest absolute Gasteiger partial charge is 0.433 e. The van der Waals surface area contributed by atoms with Gasteiger partial charge < -0.3 is 10.6 Å². The fraction of sp³-hybridized carbons (Fsp3) is 0.286. The van der Waals surface area contributed by atoms with E-state index in [4.69, 9.17) is 9.68 Å². The molecule has 272 valence electrons. The number of hydrogen-bond donors (Lipinski definition) is 2. The van der Waals surface area contributed by atoms with Crippen molar-refractivity contribution in [1.82, 2.24) is 10.6 Å². The molecular formula is C42H42N4O6S. The maximum Gasteiger partial charge on any atom is 0.433 e. The summed E-state index contributed by atoms with van der Waals surface area (Å²) in [5.41, 5.74) is 3.30. The van der Waals surface area contributed by atoms with Gasteiger partial charge in [-0.1, -0.05) is 108 Å². The molecule has 2 saturated carbocycles. The Morgan fingerprint density at radius 2 is 0.887 bits per heavy atom. The minimum absolute atomic E-state index is 0.0673. The number of nitrogens with zero attached hydrogens (tertiary/aromatic N) is 2. The Morgan fingerprint density at radius 3 is 1.25 bits per heavy atom. The molecule has 0 bridgehead atoms. The maximum atomic E-state index is 13.6. The van der Waals surface area contributed by atoms with E-state index in [1.54, 1.807) is 24.3 Å². The number of benzene rings is 4. The van der Waals surface area contributed by atoms with E-state index in [-0.39, 0.29) is 34.8 Å². The van der Waals surface area contributed by atoms with Gasteiger partial charge in [0.05, 0.1) is 0 Å². The molecule has 4 aromatic carbocycles. The van der Waals surface area contributed by atoms with Crippen LogP contribution in [-0.4, -0.2) is 35.2 Å². The molecular weight excluding hydrogens is 689 g/mol. The van der Waals surface area contributed by atoms with Crippen molar-refractivity contribution < 1.29 is 28.9 Å². The van der Waals surface area contributed by atoms with Gasteiger partial charge in [0, 0.05) is 45.8 Å². The molecule has 2 fully saturated rings. The molecule has 0 heterocycles. The van der Waals surface area contributed by atoms with Crippen LogP contribution in [0.25, 0.3) is 0 Å². The van der Waals surface area contributed by atoms with Crippen molar-refractivity contribution >= 4 is 46.9 Å². The molecule has 2 amide bonds. The van der Waals surface area contributed by atoms with Gasteiger partial charge in [0.15, 0.2) is 0 Å². The van der Waals surface area contributed by atoms with Crippen LogP contribution in [0.5, 0.6) is 0 Å². The molecule has 11 heteroatoms. The van der Waals surface area contributed by atoms with Crippen LogP contribution in [0.4, 0.5) is 9.59 Å². The van der Waals surface area contributed by atoms with E-state index in [1.807, 2.05) is 84.9 Å². The van der Waals surface area contributed by atoms with Crippen molar-refractivity contribution in [3.8, 4) is 0 Å². The molecule has 0 aliphatic heterocycles. The molecule has 0 aromatic heterocycles. The summed E-state index contributed by atoms with van der Waals surface area (Å²) in [4.78, 5) is 64.1. The van der Waals surface area contributed by atoms with Gasteiger partial charge in [-0.15, -0.1) is 0 Å². The molecule has 10 nitrogen and oxygen atoms in total. The molecule has 0 saturated heterocycles. The first-order chi connectivity index (χ1) is 25.9. The molecule has 4 aromatic rings. The van der Waals surface area contributed by atoms with Gasteiger partial charge in [-0.05, 0) is 85.3 Å². The third-order valence-electron chi connectivity index (χ3n) is 9.43. The Balaban J connectivity index is 1.06. The molecule has 2 aliphatic rings. The van der Waals surface area contributed by atoms with Crippen LogP contribution in [0, 0.1) is 11.8 Å². The highest BCUT2D eigenvalue weighted by molar-refractivity contribution is 7.99. The van der Waals surface area contributed by atoms with Gasteiger partial charge in [0.1, 0.15) is 11.4 Å². The number of carbonyl (C=O) groups is 4. The van der Waals surface area contributed by atoms with Gasteiger partial charge in [0.2, 0.25) is 11.6 Å². The molecule has 0 spiro atoms. The first-order valence-electron chi connectivity index (χ1n) is 18.0. The summed E-state index contributed by atoms with van der Waals surface area (Å²) >= 11 is 1.49. The third-order valence-corrected chi connectivity index (χ3v) is 10.4. The van der Waals surface area contributed by atoms with Crippen LogP contribution in [0.1, 0.15) is 83.2 Å². The Hall–Kier alpha value is -5.55. The monoisotopic (exact) mass is 730 g/mol. The predicted octanol–water partition coefficient (Wildman–Crippen LogP) is 9.15. The lowest BCUT2D eigenvalue weighted by atomic mass is 9.94. The zero-order valence-corrected chi connectivity index (χ0v) is 30.2. The van der Waals surface area contributed by atoms with E-state index >= 15 is 0 Å². The van der Waals surface area contributed by atoms with Crippen LogP contribution >= 0.6 is 11.8 Å². The quantitative estimate of drug-likeness (QED) is 0.0572. The van der Waals surface area contributed by atoms with E-state index < -0.39 is 12.2 Å². The van der Waals surface area contributed by atoms with E-state index in [0.717, 1.165) is 72.3 Å². The third kappa shape index (κ3) is 10.7. The Morgan fingerprint density at radius 1 is 0.528 bits per heavy atom.